The van der Waals surface area contributed by atoms with Gasteiger partial charge < -0.3 is 9.64 Å². The lowest BCUT2D eigenvalue weighted by Gasteiger charge is -2.33. The van der Waals surface area contributed by atoms with E-state index >= 15 is 8.78 Å². The van der Waals surface area contributed by atoms with Crippen molar-refractivity contribution in [3.8, 4) is 5.88 Å². The number of nitrogens with zero attached hydrogens (tertiary/aromatic N) is 3. The molecule has 1 saturated carbocycles. The minimum absolute atomic E-state index is 0.0422. The van der Waals surface area contributed by atoms with Crippen molar-refractivity contribution in [2.45, 2.75) is 110 Å². The molecule has 2 fully saturated rings. The quantitative estimate of drug-likeness (QED) is 0.391. The second-order valence-electron chi connectivity index (χ2n) is 14.2. The zero-order valence-corrected chi connectivity index (χ0v) is 27.6. The number of fused-ring (bicyclic) bond motifs is 5. The van der Waals surface area contributed by atoms with Crippen LogP contribution in [0.2, 0.25) is 5.02 Å². The van der Waals surface area contributed by atoms with E-state index in [1.165, 1.54) is 11.0 Å². The largest absolute Gasteiger partial charge is 0.472 e. The number of Topliss-reactive ketones (excluding diaryl/α,β-unsaturated/α-hetero) is 1. The number of amides is 1. The Morgan fingerprint density at radius 1 is 1.22 bits per heavy atom. The number of benzene rings is 1. The summed E-state index contributed by atoms with van der Waals surface area (Å²) in [6.07, 6.45) is 0.944. The minimum atomic E-state index is -3.25. The summed E-state index contributed by atoms with van der Waals surface area (Å²) in [6, 6.07) is 4.37. The van der Waals surface area contributed by atoms with Crippen LogP contribution in [0.25, 0.3) is 10.9 Å². The Bertz CT molecular complexity index is 1460. The van der Waals surface area contributed by atoms with Crippen LogP contribution in [0.5, 0.6) is 5.88 Å². The summed E-state index contributed by atoms with van der Waals surface area (Å²) in [5.41, 5.74) is 2.05. The fraction of sp³-hybridized carbons (Fsp3) is 0.667. The molecule has 0 spiro atoms. The van der Waals surface area contributed by atoms with Gasteiger partial charge in [-0.05, 0) is 49.3 Å². The van der Waals surface area contributed by atoms with Crippen molar-refractivity contribution in [1.29, 1.82) is 0 Å². The van der Waals surface area contributed by atoms with Crippen LogP contribution < -0.4 is 10.2 Å². The molecule has 6 unspecified atom stereocenters. The molecule has 2 bridgehead atoms. The summed E-state index contributed by atoms with van der Waals surface area (Å²) < 4.78 is 38.5. The van der Waals surface area contributed by atoms with Crippen LogP contribution in [0, 0.1) is 28.1 Å². The Kier molecular flexibility index (Phi) is 9.33. The number of alkyl halides is 2. The van der Waals surface area contributed by atoms with Crippen molar-refractivity contribution in [2.75, 3.05) is 6.54 Å². The number of hydrogen-bond donors (Lipinski definition) is 1. The van der Waals surface area contributed by atoms with E-state index in [1.54, 1.807) is 32.0 Å². The van der Waals surface area contributed by atoms with E-state index in [-0.39, 0.29) is 47.2 Å². The second kappa shape index (κ2) is 12.6. The molecule has 2 aliphatic heterocycles. The van der Waals surface area contributed by atoms with Gasteiger partial charge in [0, 0.05) is 34.6 Å². The lowest BCUT2D eigenvalue weighted by Crippen LogP contribution is -2.58. The van der Waals surface area contributed by atoms with Gasteiger partial charge in [-0.3, -0.25) is 9.59 Å². The minimum Gasteiger partial charge on any atom is -0.472 e. The van der Waals surface area contributed by atoms with Crippen molar-refractivity contribution in [2.24, 2.45) is 23.2 Å². The van der Waals surface area contributed by atoms with Gasteiger partial charge in [0.15, 0.2) is 17.9 Å². The number of hydrogen-bond acceptors (Lipinski definition) is 6. The van der Waals surface area contributed by atoms with Gasteiger partial charge in [-0.15, -0.1) is 0 Å². The molecule has 1 aromatic carbocycles. The number of hydrazine groups is 1. The Morgan fingerprint density at radius 2 is 1.96 bits per heavy atom. The highest BCUT2D eigenvalue weighted by Crippen LogP contribution is 2.44. The van der Waals surface area contributed by atoms with Gasteiger partial charge in [0.1, 0.15) is 11.0 Å². The summed E-state index contributed by atoms with van der Waals surface area (Å²) in [6.45, 7) is 10.8. The first-order valence-electron chi connectivity index (χ1n) is 16.0. The van der Waals surface area contributed by atoms with Gasteiger partial charge in [-0.25, -0.2) is 18.6 Å². The van der Waals surface area contributed by atoms with E-state index in [9.17, 15) is 14.5 Å². The number of aromatic nitrogens is 1. The van der Waals surface area contributed by atoms with Crippen LogP contribution in [0.1, 0.15) is 85.6 Å². The standard InChI is InChI=1S/C33H44ClF2N4O5/c1-7-22-26-17-39(27(22)28(41)18(2)3)31(42)29(32(4,5)6)38-40(43)45-25-15-20(25)10-8-9-13-33(35,36)23-14-19-11-12-21(34)16-24(19)37-30(23)44-26/h11-12,14,16,18,20,22,25-27,29H,7-10,13,15,17H2,1-6H3,(H,38,43)/q+1. The summed E-state index contributed by atoms with van der Waals surface area (Å²) in [7, 11) is 0. The molecule has 1 amide bonds. The Balaban J connectivity index is 1.61. The molecular weight excluding hydrogens is 606 g/mol. The first kappa shape index (κ1) is 33.3. The SMILES string of the molecule is CCC1C2CN(C(=O)C(C(C)(C)C)N[N+](=O)OC3CC3CCCCC(F)(F)c3cc4ccc(Cl)cc4nc3O2)C1C(=O)C(C)C. The molecule has 12 heteroatoms. The number of ketones is 1. The van der Waals surface area contributed by atoms with Crippen molar-refractivity contribution in [3.05, 3.63) is 39.8 Å². The van der Waals surface area contributed by atoms with Crippen LogP contribution in [-0.4, -0.2) is 57.4 Å². The van der Waals surface area contributed by atoms with Crippen LogP contribution in [0.15, 0.2) is 24.3 Å². The monoisotopic (exact) mass is 649 g/mol. The second-order valence-corrected chi connectivity index (χ2v) is 14.6. The molecule has 1 saturated heterocycles. The average molecular weight is 650 g/mol. The van der Waals surface area contributed by atoms with Gasteiger partial charge >= 0.3 is 5.03 Å². The maximum Gasteiger partial charge on any atom is 0.358 e. The smallest absolute Gasteiger partial charge is 0.358 e. The van der Waals surface area contributed by atoms with E-state index in [2.05, 4.69) is 10.4 Å². The normalized spacial score (nSPS) is 29.2. The van der Waals surface area contributed by atoms with E-state index in [1.807, 2.05) is 27.7 Å². The molecule has 6 atom stereocenters. The third-order valence-corrected chi connectivity index (χ3v) is 9.60. The summed E-state index contributed by atoms with van der Waals surface area (Å²) in [4.78, 5) is 52.5. The van der Waals surface area contributed by atoms with Gasteiger partial charge in [0.05, 0.1) is 23.7 Å². The Hall–Kier alpha value is -3.08. The summed E-state index contributed by atoms with van der Waals surface area (Å²) >= 11 is 6.22. The third kappa shape index (κ3) is 7.03. The molecular formula is C33H44ClF2N4O5+. The lowest BCUT2D eigenvalue weighted by atomic mass is 9.85. The highest BCUT2D eigenvalue weighted by Gasteiger charge is 2.53. The van der Waals surface area contributed by atoms with Crippen LogP contribution in [0.4, 0.5) is 8.78 Å². The fourth-order valence-corrected chi connectivity index (χ4v) is 6.79. The highest BCUT2D eigenvalue weighted by molar-refractivity contribution is 6.31. The van der Waals surface area contributed by atoms with Crippen LogP contribution in [0.3, 0.4) is 0 Å². The Morgan fingerprint density at radius 3 is 2.62 bits per heavy atom. The molecule has 2 aromatic rings. The van der Waals surface area contributed by atoms with E-state index in [0.29, 0.717) is 41.6 Å². The first-order valence-corrected chi connectivity index (χ1v) is 16.4. The van der Waals surface area contributed by atoms with Crippen LogP contribution in [-0.2, 0) is 20.3 Å². The number of pyridine rings is 1. The van der Waals surface area contributed by atoms with Crippen molar-refractivity contribution < 1.29 is 33.0 Å². The average Bonchev–Trinajstić information content (AvgIpc) is 3.59. The number of rotatable bonds is 3. The number of ether oxygens (including phenoxy) is 1. The highest BCUT2D eigenvalue weighted by atomic mass is 35.5. The Labute approximate surface area is 267 Å². The molecule has 1 N–H and O–H groups in total. The zero-order chi connectivity index (χ0) is 32.8. The number of nitrogens with one attached hydrogen (secondary N) is 1. The first-order chi connectivity index (χ1) is 21.1. The topological polar surface area (TPSA) is 101 Å². The van der Waals surface area contributed by atoms with Crippen molar-refractivity contribution in [1.82, 2.24) is 15.3 Å². The maximum absolute atomic E-state index is 16.0. The number of carbonyl (C=O) groups excluding carboxylic acids is 2. The number of carbonyl (C=O) groups is 2. The van der Waals surface area contributed by atoms with Gasteiger partial charge in [0.2, 0.25) is 5.88 Å². The molecule has 45 heavy (non-hydrogen) atoms. The van der Waals surface area contributed by atoms with E-state index < -0.39 is 53.7 Å². The lowest BCUT2D eigenvalue weighted by molar-refractivity contribution is -0.850. The van der Waals surface area contributed by atoms with Crippen LogP contribution >= 0.6 is 11.6 Å². The molecule has 3 aliphatic rings. The summed E-state index contributed by atoms with van der Waals surface area (Å²) in [5.74, 6) is -4.95. The molecule has 3 heterocycles. The molecule has 1 aliphatic carbocycles. The van der Waals surface area contributed by atoms with Gasteiger partial charge in [-0.2, -0.15) is 0 Å². The molecule has 9 nitrogen and oxygen atoms in total. The third-order valence-electron chi connectivity index (χ3n) is 9.36. The van der Waals surface area contributed by atoms with Gasteiger partial charge in [-0.1, -0.05) is 71.1 Å². The van der Waals surface area contributed by atoms with Gasteiger partial charge in [0.25, 0.3) is 11.8 Å². The zero-order valence-electron chi connectivity index (χ0n) is 26.8. The maximum atomic E-state index is 16.0. The number of halogens is 3. The molecule has 246 valence electrons. The molecule has 1 aromatic heterocycles. The fourth-order valence-electron chi connectivity index (χ4n) is 6.62. The van der Waals surface area contributed by atoms with E-state index in [4.69, 9.17) is 21.2 Å². The predicted octanol–water partition coefficient (Wildman–Crippen LogP) is 6.78. The molecule has 5 rings (SSSR count). The predicted molar refractivity (Wildman–Crippen MR) is 166 cm³/mol. The van der Waals surface area contributed by atoms with Crippen molar-refractivity contribution in [3.63, 3.8) is 0 Å². The summed E-state index contributed by atoms with van der Waals surface area (Å²) in [5, 5.41) is 1.17. The molecule has 0 radical (unpaired) electrons. The van der Waals surface area contributed by atoms with E-state index in [0.717, 1.165) is 0 Å². The van der Waals surface area contributed by atoms with Crippen molar-refractivity contribution >= 4 is 34.2 Å².